The van der Waals surface area contributed by atoms with Gasteiger partial charge in [0, 0.05) is 9.50 Å². The normalized spacial score (nSPS) is 12.4. The molecule has 1 nitrogen and oxygen atoms in total. The van der Waals surface area contributed by atoms with Crippen molar-refractivity contribution in [2.45, 2.75) is 32.2 Å². The average molecular weight is 353 g/mol. The van der Waals surface area contributed by atoms with Crippen molar-refractivity contribution in [3.8, 4) is 0 Å². The number of halogens is 2. The van der Waals surface area contributed by atoms with Crippen LogP contribution in [0.15, 0.2) is 46.9 Å². The Morgan fingerprint density at radius 3 is 2.50 bits per heavy atom. The second-order valence-corrected chi connectivity index (χ2v) is 6.31. The molecule has 2 rings (SSSR count). The van der Waals surface area contributed by atoms with Crippen LogP contribution in [-0.4, -0.2) is 0 Å². The number of rotatable bonds is 5. The van der Waals surface area contributed by atoms with Crippen LogP contribution in [0.4, 0.5) is 0 Å². The maximum absolute atomic E-state index is 6.33. The topological polar surface area (TPSA) is 26.0 Å². The lowest BCUT2D eigenvalue weighted by Crippen LogP contribution is -2.12. The minimum atomic E-state index is -0.194. The highest BCUT2D eigenvalue weighted by atomic mass is 79.9. The Bertz CT molecular complexity index is 566. The first-order chi connectivity index (χ1) is 9.61. The van der Waals surface area contributed by atoms with Crippen molar-refractivity contribution in [1.29, 1.82) is 0 Å². The Hall–Kier alpha value is -0.830. The minimum Gasteiger partial charge on any atom is -0.320 e. The Balaban J connectivity index is 2.20. The van der Waals surface area contributed by atoms with E-state index in [-0.39, 0.29) is 6.04 Å². The Morgan fingerprint density at radius 1 is 1.15 bits per heavy atom. The van der Waals surface area contributed by atoms with E-state index in [2.05, 4.69) is 47.1 Å². The third kappa shape index (κ3) is 3.85. The van der Waals surface area contributed by atoms with Gasteiger partial charge in [0.2, 0.25) is 0 Å². The molecule has 0 aliphatic rings. The van der Waals surface area contributed by atoms with Crippen molar-refractivity contribution in [1.82, 2.24) is 0 Å². The fourth-order valence-corrected chi connectivity index (χ4v) is 2.82. The van der Waals surface area contributed by atoms with Crippen molar-refractivity contribution in [3.63, 3.8) is 0 Å². The highest BCUT2D eigenvalue weighted by molar-refractivity contribution is 9.10. The maximum atomic E-state index is 6.33. The quantitative estimate of drug-likeness (QED) is 0.756. The summed E-state index contributed by atoms with van der Waals surface area (Å²) in [7, 11) is 0. The third-order valence-electron chi connectivity index (χ3n) is 3.45. The Labute approximate surface area is 134 Å². The van der Waals surface area contributed by atoms with Crippen molar-refractivity contribution in [2.75, 3.05) is 0 Å². The molecule has 0 radical (unpaired) electrons. The minimum absolute atomic E-state index is 0.194. The van der Waals surface area contributed by atoms with Gasteiger partial charge in [-0.1, -0.05) is 65.1 Å². The molecule has 2 aromatic rings. The summed E-state index contributed by atoms with van der Waals surface area (Å²) >= 11 is 9.70. The summed E-state index contributed by atoms with van der Waals surface area (Å²) in [5.74, 6) is 0. The van der Waals surface area contributed by atoms with Gasteiger partial charge >= 0.3 is 0 Å². The van der Waals surface area contributed by atoms with E-state index in [4.69, 9.17) is 17.3 Å². The van der Waals surface area contributed by atoms with Crippen molar-refractivity contribution >= 4 is 27.5 Å². The molecule has 1 unspecified atom stereocenters. The fourth-order valence-electron chi connectivity index (χ4n) is 2.21. The average Bonchev–Trinajstić information content (AvgIpc) is 2.47. The molecular weight excluding hydrogens is 334 g/mol. The number of unbranched alkanes of at least 4 members (excludes halogenated alkanes) is 1. The second kappa shape index (κ2) is 7.26. The van der Waals surface area contributed by atoms with Crippen LogP contribution in [-0.2, 0) is 6.42 Å². The largest absolute Gasteiger partial charge is 0.320 e. The van der Waals surface area contributed by atoms with Crippen LogP contribution in [0, 0.1) is 0 Å². The zero-order chi connectivity index (χ0) is 14.5. The summed E-state index contributed by atoms with van der Waals surface area (Å²) in [4.78, 5) is 0. The molecule has 0 fully saturated rings. The van der Waals surface area contributed by atoms with E-state index < -0.39 is 0 Å². The van der Waals surface area contributed by atoms with E-state index in [1.165, 1.54) is 18.4 Å². The number of aryl methyl sites for hydroxylation is 1. The van der Waals surface area contributed by atoms with Gasteiger partial charge in [-0.15, -0.1) is 0 Å². The molecule has 0 saturated carbocycles. The molecule has 2 N–H and O–H groups in total. The van der Waals surface area contributed by atoms with Crippen LogP contribution in [0.1, 0.15) is 42.5 Å². The number of hydrogen-bond donors (Lipinski definition) is 1. The Morgan fingerprint density at radius 2 is 1.85 bits per heavy atom. The third-order valence-corrected chi connectivity index (χ3v) is 4.29. The second-order valence-electron chi connectivity index (χ2n) is 4.99. The van der Waals surface area contributed by atoms with Crippen LogP contribution < -0.4 is 5.73 Å². The molecule has 0 saturated heterocycles. The summed E-state index contributed by atoms with van der Waals surface area (Å²) in [6.45, 7) is 2.21. The summed E-state index contributed by atoms with van der Waals surface area (Å²) in [6.07, 6.45) is 3.57. The van der Waals surface area contributed by atoms with E-state index in [9.17, 15) is 0 Å². The van der Waals surface area contributed by atoms with Crippen molar-refractivity contribution in [2.24, 2.45) is 5.73 Å². The van der Waals surface area contributed by atoms with Crippen LogP contribution in [0.2, 0.25) is 5.02 Å². The van der Waals surface area contributed by atoms with E-state index in [1.54, 1.807) is 0 Å². The summed E-state index contributed by atoms with van der Waals surface area (Å²) in [5.41, 5.74) is 9.73. The van der Waals surface area contributed by atoms with Crippen LogP contribution in [0.3, 0.4) is 0 Å². The molecule has 0 amide bonds. The molecule has 1 atom stereocenters. The van der Waals surface area contributed by atoms with E-state index in [0.717, 1.165) is 22.0 Å². The first kappa shape index (κ1) is 15.6. The van der Waals surface area contributed by atoms with E-state index >= 15 is 0 Å². The molecule has 0 aliphatic heterocycles. The molecular formula is C17H19BrClN. The van der Waals surface area contributed by atoms with Gasteiger partial charge in [-0.05, 0) is 47.7 Å². The molecule has 0 heterocycles. The first-order valence-electron chi connectivity index (χ1n) is 6.91. The van der Waals surface area contributed by atoms with Crippen molar-refractivity contribution in [3.05, 3.63) is 68.7 Å². The zero-order valence-corrected chi connectivity index (χ0v) is 13.9. The smallest absolute Gasteiger partial charge is 0.0566 e. The van der Waals surface area contributed by atoms with Gasteiger partial charge in [0.15, 0.2) is 0 Å². The predicted octanol–water partition coefficient (Wildman–Crippen LogP) is 5.49. The standard InChI is InChI=1S/C17H19BrClN/c1-2-3-4-12-5-7-13(8-6-12)17(20)15-11-14(18)9-10-16(15)19/h5-11,17H,2-4,20H2,1H3. The first-order valence-corrected chi connectivity index (χ1v) is 8.08. The van der Waals surface area contributed by atoms with Crippen LogP contribution in [0.5, 0.6) is 0 Å². The number of nitrogens with two attached hydrogens (primary N) is 1. The van der Waals surface area contributed by atoms with Crippen LogP contribution in [0.25, 0.3) is 0 Å². The van der Waals surface area contributed by atoms with Gasteiger partial charge in [0.1, 0.15) is 0 Å². The zero-order valence-electron chi connectivity index (χ0n) is 11.6. The maximum Gasteiger partial charge on any atom is 0.0566 e. The molecule has 0 aromatic heterocycles. The van der Waals surface area contributed by atoms with Crippen molar-refractivity contribution < 1.29 is 0 Å². The Kier molecular flexibility index (Phi) is 5.64. The van der Waals surface area contributed by atoms with Gasteiger partial charge in [-0.2, -0.15) is 0 Å². The number of benzene rings is 2. The lowest BCUT2D eigenvalue weighted by atomic mass is 9.97. The molecule has 20 heavy (non-hydrogen) atoms. The molecule has 3 heteroatoms. The summed E-state index contributed by atoms with van der Waals surface area (Å²) in [5, 5.41) is 0.704. The SMILES string of the molecule is CCCCc1ccc(C(N)c2cc(Br)ccc2Cl)cc1. The highest BCUT2D eigenvalue weighted by Gasteiger charge is 2.12. The van der Waals surface area contributed by atoms with E-state index in [0.29, 0.717) is 5.02 Å². The van der Waals surface area contributed by atoms with Gasteiger partial charge in [0.25, 0.3) is 0 Å². The molecule has 0 bridgehead atoms. The molecule has 0 spiro atoms. The van der Waals surface area contributed by atoms with Gasteiger partial charge < -0.3 is 5.73 Å². The predicted molar refractivity (Wildman–Crippen MR) is 90.2 cm³/mol. The van der Waals surface area contributed by atoms with Crippen LogP contribution >= 0.6 is 27.5 Å². The fraction of sp³-hybridized carbons (Fsp3) is 0.294. The highest BCUT2D eigenvalue weighted by Crippen LogP contribution is 2.29. The molecule has 106 valence electrons. The van der Waals surface area contributed by atoms with Gasteiger partial charge in [-0.25, -0.2) is 0 Å². The van der Waals surface area contributed by atoms with Gasteiger partial charge in [-0.3, -0.25) is 0 Å². The lowest BCUT2D eigenvalue weighted by molar-refractivity contribution is 0.793. The molecule has 2 aromatic carbocycles. The van der Waals surface area contributed by atoms with E-state index in [1.807, 2.05) is 18.2 Å². The van der Waals surface area contributed by atoms with Gasteiger partial charge in [0.05, 0.1) is 6.04 Å². The summed E-state index contributed by atoms with van der Waals surface area (Å²) < 4.78 is 0.993. The number of hydrogen-bond acceptors (Lipinski definition) is 1. The lowest BCUT2D eigenvalue weighted by Gasteiger charge is -2.15. The summed E-state index contributed by atoms with van der Waals surface area (Å²) in [6, 6.07) is 14.1. The monoisotopic (exact) mass is 351 g/mol. The molecule has 0 aliphatic carbocycles.